The Morgan fingerprint density at radius 3 is 2.29 bits per heavy atom. The fourth-order valence-electron chi connectivity index (χ4n) is 3.23. The number of carbonyl (C=O) groups excluding carboxylic acids is 1. The van der Waals surface area contributed by atoms with E-state index in [0.717, 1.165) is 11.3 Å². The Hall–Kier alpha value is -3.19. The van der Waals surface area contributed by atoms with E-state index in [-0.39, 0.29) is 21.8 Å². The van der Waals surface area contributed by atoms with Crippen LogP contribution in [0, 0.1) is 0 Å². The summed E-state index contributed by atoms with van der Waals surface area (Å²) >= 11 is 0. The molecule has 0 aliphatic carbocycles. The molecule has 1 amide bonds. The molecule has 0 radical (unpaired) electrons. The third kappa shape index (κ3) is 5.11. The van der Waals surface area contributed by atoms with E-state index in [9.17, 15) is 13.2 Å². The summed E-state index contributed by atoms with van der Waals surface area (Å²) in [5, 5.41) is 0. The standard InChI is InChI=1S/C24H27N3O3S/c1-16(17-9-6-5-7-10-17)22-20(13-14-21(26-22)24(2,3)4)23(28)27-31(29,30)19-12-8-11-18(25)15-19/h5-16H,25H2,1-4H3,(H,27,28). The molecule has 0 aliphatic rings. The van der Waals surface area contributed by atoms with E-state index in [1.807, 2.05) is 58.0 Å². The van der Waals surface area contributed by atoms with Crippen LogP contribution >= 0.6 is 0 Å². The van der Waals surface area contributed by atoms with Gasteiger partial charge in [0.2, 0.25) is 0 Å². The normalized spacial score (nSPS) is 12.9. The Labute approximate surface area is 183 Å². The van der Waals surface area contributed by atoms with Crippen molar-refractivity contribution >= 4 is 21.6 Å². The van der Waals surface area contributed by atoms with Crippen molar-refractivity contribution in [3.63, 3.8) is 0 Å². The fraction of sp³-hybridized carbons (Fsp3) is 0.250. The lowest BCUT2D eigenvalue weighted by molar-refractivity contribution is 0.0979. The quantitative estimate of drug-likeness (QED) is 0.582. The molecule has 0 saturated heterocycles. The maximum atomic E-state index is 13.1. The third-order valence-electron chi connectivity index (χ3n) is 5.04. The Kier molecular flexibility index (Phi) is 6.18. The van der Waals surface area contributed by atoms with Gasteiger partial charge in [-0.3, -0.25) is 9.78 Å². The van der Waals surface area contributed by atoms with E-state index in [1.54, 1.807) is 18.2 Å². The summed E-state index contributed by atoms with van der Waals surface area (Å²) in [6.07, 6.45) is 0. The van der Waals surface area contributed by atoms with Gasteiger partial charge in [0.1, 0.15) is 0 Å². The number of nitrogens with zero attached hydrogens (tertiary/aromatic N) is 1. The summed E-state index contributed by atoms with van der Waals surface area (Å²) in [6, 6.07) is 18.9. The minimum atomic E-state index is -4.08. The van der Waals surface area contributed by atoms with Gasteiger partial charge in [-0.2, -0.15) is 0 Å². The zero-order valence-electron chi connectivity index (χ0n) is 18.1. The second-order valence-corrected chi connectivity index (χ2v) is 10.2. The van der Waals surface area contributed by atoms with Gasteiger partial charge in [-0.05, 0) is 35.9 Å². The number of sulfonamides is 1. The van der Waals surface area contributed by atoms with Gasteiger partial charge in [0.25, 0.3) is 15.9 Å². The highest BCUT2D eigenvalue weighted by atomic mass is 32.2. The average molecular weight is 438 g/mol. The maximum Gasteiger partial charge on any atom is 0.266 e. The van der Waals surface area contributed by atoms with Crippen molar-refractivity contribution in [3.8, 4) is 0 Å². The molecule has 1 atom stereocenters. The van der Waals surface area contributed by atoms with Gasteiger partial charge in [0.15, 0.2) is 0 Å². The minimum absolute atomic E-state index is 0.0715. The number of hydrogen-bond donors (Lipinski definition) is 2. The van der Waals surface area contributed by atoms with Crippen LogP contribution in [-0.2, 0) is 15.4 Å². The van der Waals surface area contributed by atoms with E-state index in [4.69, 9.17) is 10.7 Å². The fourth-order valence-corrected chi connectivity index (χ4v) is 4.25. The monoisotopic (exact) mass is 437 g/mol. The van der Waals surface area contributed by atoms with Gasteiger partial charge in [-0.15, -0.1) is 0 Å². The number of nitrogen functional groups attached to an aromatic ring is 1. The van der Waals surface area contributed by atoms with E-state index < -0.39 is 15.9 Å². The van der Waals surface area contributed by atoms with Gasteiger partial charge >= 0.3 is 0 Å². The first-order valence-electron chi connectivity index (χ1n) is 9.98. The molecule has 0 bridgehead atoms. The molecular formula is C24H27N3O3S. The second-order valence-electron chi connectivity index (χ2n) is 8.52. The number of rotatable bonds is 5. The predicted octanol–water partition coefficient (Wildman–Crippen LogP) is 4.23. The number of amides is 1. The number of nitrogens with two attached hydrogens (primary N) is 1. The Bertz CT molecular complexity index is 1200. The molecule has 3 rings (SSSR count). The highest BCUT2D eigenvalue weighted by Crippen LogP contribution is 2.29. The predicted molar refractivity (Wildman–Crippen MR) is 122 cm³/mol. The van der Waals surface area contributed by atoms with Crippen LogP contribution in [0.3, 0.4) is 0 Å². The summed E-state index contributed by atoms with van der Waals surface area (Å²) in [6.45, 7) is 8.07. The van der Waals surface area contributed by atoms with Crippen molar-refractivity contribution < 1.29 is 13.2 Å². The largest absolute Gasteiger partial charge is 0.399 e. The molecule has 162 valence electrons. The molecule has 2 aromatic carbocycles. The second kappa shape index (κ2) is 8.51. The van der Waals surface area contributed by atoms with Gasteiger partial charge in [-0.25, -0.2) is 13.1 Å². The van der Waals surface area contributed by atoms with Crippen molar-refractivity contribution in [1.82, 2.24) is 9.71 Å². The summed E-state index contributed by atoms with van der Waals surface area (Å²) in [5.41, 5.74) is 8.31. The molecule has 3 N–H and O–H groups in total. The van der Waals surface area contributed by atoms with E-state index >= 15 is 0 Å². The highest BCUT2D eigenvalue weighted by Gasteiger charge is 2.26. The number of hydrogen-bond acceptors (Lipinski definition) is 5. The number of nitrogens with one attached hydrogen (secondary N) is 1. The molecule has 1 unspecified atom stereocenters. The van der Waals surface area contributed by atoms with Crippen molar-refractivity contribution in [3.05, 3.63) is 89.2 Å². The minimum Gasteiger partial charge on any atom is -0.399 e. The summed E-state index contributed by atoms with van der Waals surface area (Å²) in [4.78, 5) is 17.8. The van der Waals surface area contributed by atoms with Gasteiger partial charge < -0.3 is 5.73 Å². The molecule has 0 saturated carbocycles. The van der Waals surface area contributed by atoms with Crippen LogP contribution in [0.15, 0.2) is 71.6 Å². The topological polar surface area (TPSA) is 102 Å². The molecule has 0 aliphatic heterocycles. The Morgan fingerprint density at radius 2 is 1.68 bits per heavy atom. The average Bonchev–Trinajstić information content (AvgIpc) is 2.72. The SMILES string of the molecule is CC(c1ccccc1)c1nc(C(C)(C)C)ccc1C(=O)NS(=O)(=O)c1cccc(N)c1. The summed E-state index contributed by atoms with van der Waals surface area (Å²) in [5.74, 6) is -0.938. The number of carbonyl (C=O) groups is 1. The lowest BCUT2D eigenvalue weighted by atomic mass is 9.88. The zero-order chi connectivity index (χ0) is 22.8. The van der Waals surface area contributed by atoms with Crippen LogP contribution in [0.2, 0.25) is 0 Å². The zero-order valence-corrected chi connectivity index (χ0v) is 18.9. The summed E-state index contributed by atoms with van der Waals surface area (Å²) in [7, 11) is -4.08. The number of aromatic nitrogens is 1. The van der Waals surface area contributed by atoms with Gasteiger partial charge in [0.05, 0.1) is 16.2 Å². The Morgan fingerprint density at radius 1 is 1.00 bits per heavy atom. The van der Waals surface area contributed by atoms with E-state index in [1.165, 1.54) is 18.2 Å². The summed E-state index contributed by atoms with van der Waals surface area (Å²) < 4.78 is 27.6. The van der Waals surface area contributed by atoms with Crippen LogP contribution in [0.5, 0.6) is 0 Å². The third-order valence-corrected chi connectivity index (χ3v) is 6.37. The van der Waals surface area contributed by atoms with Crippen molar-refractivity contribution in [1.29, 1.82) is 0 Å². The maximum absolute atomic E-state index is 13.1. The number of pyridine rings is 1. The lowest BCUT2D eigenvalue weighted by Crippen LogP contribution is -2.32. The highest BCUT2D eigenvalue weighted by molar-refractivity contribution is 7.90. The first kappa shape index (κ1) is 22.5. The van der Waals surface area contributed by atoms with E-state index in [2.05, 4.69) is 4.72 Å². The first-order valence-corrected chi connectivity index (χ1v) is 11.5. The van der Waals surface area contributed by atoms with Crippen molar-refractivity contribution in [2.75, 3.05) is 5.73 Å². The smallest absolute Gasteiger partial charge is 0.266 e. The molecule has 3 aromatic rings. The first-order chi connectivity index (χ1) is 14.5. The van der Waals surface area contributed by atoms with Gasteiger partial charge in [-0.1, -0.05) is 64.1 Å². The van der Waals surface area contributed by atoms with Crippen LogP contribution < -0.4 is 10.5 Å². The Balaban J connectivity index is 2.04. The molecule has 1 aromatic heterocycles. The van der Waals surface area contributed by atoms with Crippen LogP contribution in [-0.4, -0.2) is 19.3 Å². The van der Waals surface area contributed by atoms with Crippen LogP contribution in [0.25, 0.3) is 0 Å². The van der Waals surface area contributed by atoms with Crippen molar-refractivity contribution in [2.45, 2.75) is 43.9 Å². The van der Waals surface area contributed by atoms with Crippen molar-refractivity contribution in [2.24, 2.45) is 0 Å². The number of benzene rings is 2. The number of anilines is 1. The molecule has 31 heavy (non-hydrogen) atoms. The molecule has 7 heteroatoms. The van der Waals surface area contributed by atoms with Crippen LogP contribution in [0.1, 0.15) is 60.9 Å². The molecular weight excluding hydrogens is 410 g/mol. The van der Waals surface area contributed by atoms with Gasteiger partial charge in [0, 0.05) is 22.7 Å². The molecule has 6 nitrogen and oxygen atoms in total. The molecule has 0 spiro atoms. The molecule has 0 fully saturated rings. The lowest BCUT2D eigenvalue weighted by Gasteiger charge is -2.22. The van der Waals surface area contributed by atoms with E-state index in [0.29, 0.717) is 11.4 Å². The molecule has 1 heterocycles. The van der Waals surface area contributed by atoms with Crippen LogP contribution in [0.4, 0.5) is 5.69 Å².